The third kappa shape index (κ3) is 3.53. The lowest BCUT2D eigenvalue weighted by Crippen LogP contribution is -2.38. The predicted molar refractivity (Wildman–Crippen MR) is 53.8 cm³/mol. The van der Waals surface area contributed by atoms with E-state index >= 15 is 0 Å². The van der Waals surface area contributed by atoms with Crippen LogP contribution >= 0.6 is 12.4 Å². The summed E-state index contributed by atoms with van der Waals surface area (Å²) < 4.78 is 4.93. The van der Waals surface area contributed by atoms with Crippen LogP contribution in [0.15, 0.2) is 0 Å². The molecule has 13 heavy (non-hydrogen) atoms. The summed E-state index contributed by atoms with van der Waals surface area (Å²) in [6.07, 6.45) is 4.12. The third-order valence-corrected chi connectivity index (χ3v) is 2.41. The van der Waals surface area contributed by atoms with Crippen LogP contribution in [0.1, 0.15) is 32.6 Å². The largest absolute Gasteiger partial charge is 0.466 e. The average molecular weight is 208 g/mol. The number of hydrogen-bond donors (Lipinski definition) is 1. The molecule has 1 saturated carbocycles. The quantitative estimate of drug-likeness (QED) is 0.699. The summed E-state index contributed by atoms with van der Waals surface area (Å²) in [6, 6.07) is 0.0257. The van der Waals surface area contributed by atoms with Gasteiger partial charge in [0.15, 0.2) is 0 Å². The zero-order chi connectivity index (χ0) is 8.97. The Hall–Kier alpha value is -0.280. The molecule has 0 aromatic heterocycles. The van der Waals surface area contributed by atoms with Gasteiger partial charge in [-0.25, -0.2) is 0 Å². The molecule has 0 aromatic rings. The zero-order valence-electron chi connectivity index (χ0n) is 7.99. The minimum absolute atomic E-state index is 0. The highest BCUT2D eigenvalue weighted by atomic mass is 35.5. The van der Waals surface area contributed by atoms with Gasteiger partial charge in [0.05, 0.1) is 12.5 Å². The van der Waals surface area contributed by atoms with E-state index in [0.29, 0.717) is 6.61 Å². The van der Waals surface area contributed by atoms with Crippen molar-refractivity contribution in [1.82, 2.24) is 0 Å². The maximum absolute atomic E-state index is 11.3. The van der Waals surface area contributed by atoms with Gasteiger partial charge in [-0.2, -0.15) is 0 Å². The molecule has 0 spiro atoms. The smallest absolute Gasteiger partial charge is 0.310 e. The van der Waals surface area contributed by atoms with Crippen molar-refractivity contribution in [3.8, 4) is 0 Å². The summed E-state index contributed by atoms with van der Waals surface area (Å²) in [5, 5.41) is 0. The molecule has 2 atom stereocenters. The topological polar surface area (TPSA) is 52.3 Å². The van der Waals surface area contributed by atoms with Crippen molar-refractivity contribution >= 4 is 18.4 Å². The van der Waals surface area contributed by atoms with E-state index in [1.165, 1.54) is 0 Å². The normalized spacial score (nSPS) is 27.5. The first-order chi connectivity index (χ1) is 5.75. The summed E-state index contributed by atoms with van der Waals surface area (Å²) in [5.41, 5.74) is 5.81. The highest BCUT2D eigenvalue weighted by Gasteiger charge is 2.28. The number of carbonyl (C=O) groups excluding carboxylic acids is 1. The first kappa shape index (κ1) is 12.7. The van der Waals surface area contributed by atoms with Gasteiger partial charge in [0, 0.05) is 6.04 Å². The number of nitrogens with two attached hydrogens (primary N) is 1. The van der Waals surface area contributed by atoms with Crippen LogP contribution in [0, 0.1) is 5.92 Å². The molecule has 78 valence electrons. The Balaban J connectivity index is 0.00000144. The Bertz CT molecular complexity index is 164. The molecule has 0 unspecified atom stereocenters. The number of ether oxygens (including phenoxy) is 1. The van der Waals surface area contributed by atoms with Gasteiger partial charge in [-0.3, -0.25) is 4.79 Å². The number of hydrogen-bond acceptors (Lipinski definition) is 3. The lowest BCUT2D eigenvalue weighted by Gasteiger charge is -2.26. The second kappa shape index (κ2) is 6.22. The molecule has 0 aliphatic heterocycles. The van der Waals surface area contributed by atoms with Crippen LogP contribution in [0.3, 0.4) is 0 Å². The van der Waals surface area contributed by atoms with E-state index in [-0.39, 0.29) is 30.3 Å². The maximum Gasteiger partial charge on any atom is 0.310 e. The number of halogens is 1. The standard InChI is InChI=1S/C9H17NO2.ClH/c1-2-12-9(11)7-5-3-4-6-8(7)10;/h7-8H,2-6,10H2,1H3;1H/t7-,8+;/m0./s1. The molecule has 0 bridgehead atoms. The molecule has 1 aliphatic rings. The fourth-order valence-electron chi connectivity index (χ4n) is 1.70. The Labute approximate surface area is 85.4 Å². The summed E-state index contributed by atoms with van der Waals surface area (Å²) in [6.45, 7) is 2.29. The zero-order valence-corrected chi connectivity index (χ0v) is 8.81. The third-order valence-electron chi connectivity index (χ3n) is 2.41. The van der Waals surface area contributed by atoms with Gasteiger partial charge in [0.1, 0.15) is 0 Å². The average Bonchev–Trinajstić information content (AvgIpc) is 2.05. The lowest BCUT2D eigenvalue weighted by molar-refractivity contribution is -0.149. The molecule has 3 nitrogen and oxygen atoms in total. The van der Waals surface area contributed by atoms with E-state index in [4.69, 9.17) is 10.5 Å². The van der Waals surface area contributed by atoms with Gasteiger partial charge < -0.3 is 10.5 Å². The molecule has 0 saturated heterocycles. The molecule has 1 rings (SSSR count). The van der Waals surface area contributed by atoms with E-state index in [9.17, 15) is 4.79 Å². The number of carbonyl (C=O) groups is 1. The summed E-state index contributed by atoms with van der Waals surface area (Å²) in [4.78, 5) is 11.3. The summed E-state index contributed by atoms with van der Waals surface area (Å²) in [7, 11) is 0. The fraction of sp³-hybridized carbons (Fsp3) is 0.889. The maximum atomic E-state index is 11.3. The second-order valence-corrected chi connectivity index (χ2v) is 3.31. The van der Waals surface area contributed by atoms with Crippen molar-refractivity contribution in [2.45, 2.75) is 38.6 Å². The first-order valence-corrected chi connectivity index (χ1v) is 4.68. The monoisotopic (exact) mass is 207 g/mol. The van der Waals surface area contributed by atoms with E-state index in [1.807, 2.05) is 6.92 Å². The Morgan fingerprint density at radius 3 is 2.62 bits per heavy atom. The molecule has 0 radical (unpaired) electrons. The van der Waals surface area contributed by atoms with Crippen molar-refractivity contribution in [2.24, 2.45) is 11.7 Å². The predicted octanol–water partition coefficient (Wildman–Crippen LogP) is 1.49. The molecular formula is C9H18ClNO2. The number of esters is 1. The van der Waals surface area contributed by atoms with E-state index in [1.54, 1.807) is 0 Å². The second-order valence-electron chi connectivity index (χ2n) is 3.31. The van der Waals surface area contributed by atoms with Crippen molar-refractivity contribution in [3.63, 3.8) is 0 Å². The molecule has 0 amide bonds. The highest BCUT2D eigenvalue weighted by molar-refractivity contribution is 5.85. The highest BCUT2D eigenvalue weighted by Crippen LogP contribution is 2.23. The molecule has 0 aromatic carbocycles. The van der Waals surface area contributed by atoms with Gasteiger partial charge >= 0.3 is 5.97 Å². The summed E-state index contributed by atoms with van der Waals surface area (Å²) in [5.74, 6) is -0.150. The van der Waals surface area contributed by atoms with Crippen molar-refractivity contribution in [3.05, 3.63) is 0 Å². The minimum Gasteiger partial charge on any atom is -0.466 e. The van der Waals surface area contributed by atoms with Crippen molar-refractivity contribution in [1.29, 1.82) is 0 Å². The van der Waals surface area contributed by atoms with Crippen LogP contribution < -0.4 is 5.73 Å². The first-order valence-electron chi connectivity index (χ1n) is 4.68. The molecule has 2 N–H and O–H groups in total. The molecule has 4 heteroatoms. The van der Waals surface area contributed by atoms with Crippen LogP contribution in [-0.4, -0.2) is 18.6 Å². The lowest BCUT2D eigenvalue weighted by atomic mass is 9.85. The Morgan fingerprint density at radius 1 is 1.46 bits per heavy atom. The molecular weight excluding hydrogens is 190 g/mol. The molecule has 1 aliphatic carbocycles. The van der Waals surface area contributed by atoms with Crippen LogP contribution in [0.5, 0.6) is 0 Å². The summed E-state index contributed by atoms with van der Waals surface area (Å²) >= 11 is 0. The fourth-order valence-corrected chi connectivity index (χ4v) is 1.70. The van der Waals surface area contributed by atoms with Crippen LogP contribution in [0.2, 0.25) is 0 Å². The molecule has 1 fully saturated rings. The van der Waals surface area contributed by atoms with Gasteiger partial charge in [-0.15, -0.1) is 12.4 Å². The van der Waals surface area contributed by atoms with Crippen molar-refractivity contribution < 1.29 is 9.53 Å². The van der Waals surface area contributed by atoms with E-state index < -0.39 is 0 Å². The van der Waals surface area contributed by atoms with Crippen molar-refractivity contribution in [2.75, 3.05) is 6.61 Å². The Kier molecular flexibility index (Phi) is 6.08. The van der Waals surface area contributed by atoms with Gasteiger partial charge in [0.25, 0.3) is 0 Å². The molecule has 0 heterocycles. The van der Waals surface area contributed by atoms with Crippen LogP contribution in [0.25, 0.3) is 0 Å². The van der Waals surface area contributed by atoms with E-state index in [2.05, 4.69) is 0 Å². The van der Waals surface area contributed by atoms with E-state index in [0.717, 1.165) is 25.7 Å². The minimum atomic E-state index is -0.107. The SMILES string of the molecule is CCOC(=O)[C@H]1CCCC[C@H]1N.Cl. The van der Waals surface area contributed by atoms with Crippen LogP contribution in [0.4, 0.5) is 0 Å². The van der Waals surface area contributed by atoms with Gasteiger partial charge in [0.2, 0.25) is 0 Å². The van der Waals surface area contributed by atoms with Gasteiger partial charge in [-0.1, -0.05) is 12.8 Å². The Morgan fingerprint density at radius 2 is 2.08 bits per heavy atom. The number of rotatable bonds is 2. The van der Waals surface area contributed by atoms with Gasteiger partial charge in [-0.05, 0) is 19.8 Å². The van der Waals surface area contributed by atoms with Crippen LogP contribution in [-0.2, 0) is 9.53 Å².